The molecule has 0 aliphatic rings. The van der Waals surface area contributed by atoms with Crippen molar-refractivity contribution in [3.05, 3.63) is 64.9 Å². The van der Waals surface area contributed by atoms with Gasteiger partial charge >= 0.3 is 0 Å². The van der Waals surface area contributed by atoms with Crippen molar-refractivity contribution in [2.75, 3.05) is 23.7 Å². The van der Waals surface area contributed by atoms with Crippen LogP contribution in [0.3, 0.4) is 0 Å². The molecule has 0 aliphatic heterocycles. The number of hydrogen-bond donors (Lipinski definition) is 1. The fourth-order valence-electron chi connectivity index (χ4n) is 3.17. The number of hydrogen-bond acceptors (Lipinski definition) is 4. The smallest absolute Gasteiger partial charge is 0.244 e. The van der Waals surface area contributed by atoms with Crippen molar-refractivity contribution in [3.8, 4) is 0 Å². The molecule has 0 heterocycles. The largest absolute Gasteiger partial charge is 0.354 e. The van der Waals surface area contributed by atoms with E-state index in [1.54, 1.807) is 31.2 Å². The number of carbonyl (C=O) groups excluding carboxylic acids is 2. The lowest BCUT2D eigenvalue weighted by molar-refractivity contribution is -0.139. The number of nitrogens with one attached hydrogen (secondary N) is 1. The van der Waals surface area contributed by atoms with Gasteiger partial charge in [0.2, 0.25) is 21.8 Å². The van der Waals surface area contributed by atoms with E-state index in [-0.39, 0.29) is 18.1 Å². The van der Waals surface area contributed by atoms with E-state index in [4.69, 9.17) is 11.6 Å². The number of nitrogens with zero attached hydrogens (tertiary/aromatic N) is 2. The van der Waals surface area contributed by atoms with Crippen molar-refractivity contribution < 1.29 is 22.4 Å². The van der Waals surface area contributed by atoms with E-state index < -0.39 is 34.3 Å². The van der Waals surface area contributed by atoms with Gasteiger partial charge in [-0.25, -0.2) is 12.8 Å². The molecule has 0 fully saturated rings. The molecular weight excluding hydrogens is 469 g/mol. The van der Waals surface area contributed by atoms with Crippen LogP contribution in [0.2, 0.25) is 5.02 Å². The van der Waals surface area contributed by atoms with Crippen LogP contribution in [0.1, 0.15) is 32.3 Å². The molecule has 33 heavy (non-hydrogen) atoms. The van der Waals surface area contributed by atoms with Gasteiger partial charge in [0.25, 0.3) is 0 Å². The summed E-state index contributed by atoms with van der Waals surface area (Å²) < 4.78 is 39.1. The second-order valence-electron chi connectivity index (χ2n) is 7.72. The van der Waals surface area contributed by atoms with E-state index in [1.807, 2.05) is 6.92 Å². The fourth-order valence-corrected chi connectivity index (χ4v) is 4.23. The maximum Gasteiger partial charge on any atom is 0.244 e. The lowest BCUT2D eigenvalue weighted by Gasteiger charge is -2.31. The maximum absolute atomic E-state index is 13.3. The minimum Gasteiger partial charge on any atom is -0.354 e. The molecule has 7 nitrogen and oxygen atoms in total. The number of rotatable bonds is 11. The Hall–Kier alpha value is -2.65. The summed E-state index contributed by atoms with van der Waals surface area (Å²) in [6.07, 6.45) is 2.67. The van der Waals surface area contributed by atoms with Crippen molar-refractivity contribution in [1.82, 2.24) is 10.2 Å². The Morgan fingerprint density at radius 1 is 1.15 bits per heavy atom. The predicted octanol–water partition coefficient (Wildman–Crippen LogP) is 3.58. The molecule has 0 aromatic heterocycles. The molecule has 2 aromatic carbocycles. The standard InChI is InChI=1S/C23H29ClFN3O4S/c1-4-5-13-26-23(30)17(2)27(15-18-7-6-8-19(24)14-18)22(29)16-28(33(3,31)32)21-11-9-20(25)10-12-21/h6-12,14,17H,4-5,13,15-16H2,1-3H3,(H,26,30)/t17-/m1/s1. The van der Waals surface area contributed by atoms with Gasteiger partial charge in [0, 0.05) is 18.1 Å². The van der Waals surface area contributed by atoms with Gasteiger partial charge in [-0.2, -0.15) is 0 Å². The molecule has 2 rings (SSSR count). The zero-order chi connectivity index (χ0) is 24.6. The van der Waals surface area contributed by atoms with E-state index in [1.165, 1.54) is 17.0 Å². The maximum atomic E-state index is 13.3. The van der Waals surface area contributed by atoms with Crippen LogP contribution in [-0.2, 0) is 26.2 Å². The highest BCUT2D eigenvalue weighted by molar-refractivity contribution is 7.92. The third kappa shape index (κ3) is 8.01. The summed E-state index contributed by atoms with van der Waals surface area (Å²) in [5.41, 5.74) is 0.840. The summed E-state index contributed by atoms with van der Waals surface area (Å²) in [6.45, 7) is 3.58. The predicted molar refractivity (Wildman–Crippen MR) is 128 cm³/mol. The molecule has 0 aliphatic carbocycles. The molecule has 0 saturated carbocycles. The second-order valence-corrected chi connectivity index (χ2v) is 10.1. The molecule has 1 atom stereocenters. The van der Waals surface area contributed by atoms with E-state index in [0.29, 0.717) is 17.1 Å². The van der Waals surface area contributed by atoms with Crippen LogP contribution in [0.25, 0.3) is 0 Å². The van der Waals surface area contributed by atoms with Gasteiger partial charge in [-0.3, -0.25) is 13.9 Å². The number of amides is 2. The van der Waals surface area contributed by atoms with E-state index in [9.17, 15) is 22.4 Å². The van der Waals surface area contributed by atoms with Crippen molar-refractivity contribution in [3.63, 3.8) is 0 Å². The molecule has 0 unspecified atom stereocenters. The molecule has 0 saturated heterocycles. The van der Waals surface area contributed by atoms with Crippen LogP contribution in [0.5, 0.6) is 0 Å². The Labute approximate surface area is 199 Å². The van der Waals surface area contributed by atoms with Crippen LogP contribution in [0.15, 0.2) is 48.5 Å². The van der Waals surface area contributed by atoms with Gasteiger partial charge in [-0.05, 0) is 55.3 Å². The highest BCUT2D eigenvalue weighted by atomic mass is 35.5. The molecule has 2 amide bonds. The van der Waals surface area contributed by atoms with Gasteiger partial charge in [0.05, 0.1) is 11.9 Å². The zero-order valence-corrected chi connectivity index (χ0v) is 20.5. The molecule has 0 bridgehead atoms. The lowest BCUT2D eigenvalue weighted by atomic mass is 10.1. The molecule has 180 valence electrons. The number of unbranched alkanes of at least 4 members (excludes halogenated alkanes) is 1. The van der Waals surface area contributed by atoms with Crippen molar-refractivity contribution in [1.29, 1.82) is 0 Å². The topological polar surface area (TPSA) is 86.8 Å². The number of benzene rings is 2. The molecule has 1 N–H and O–H groups in total. The Balaban J connectivity index is 2.33. The van der Waals surface area contributed by atoms with Gasteiger partial charge in [-0.1, -0.05) is 37.1 Å². The summed E-state index contributed by atoms with van der Waals surface area (Å²) >= 11 is 6.07. The van der Waals surface area contributed by atoms with Crippen LogP contribution in [-0.4, -0.2) is 50.5 Å². The fraction of sp³-hybridized carbons (Fsp3) is 0.391. The second kappa shape index (κ2) is 12.0. The molecule has 0 spiro atoms. The third-order valence-electron chi connectivity index (χ3n) is 5.03. The monoisotopic (exact) mass is 497 g/mol. The van der Waals surface area contributed by atoms with Gasteiger partial charge in [0.15, 0.2) is 0 Å². The van der Waals surface area contributed by atoms with Gasteiger partial charge in [-0.15, -0.1) is 0 Å². The molecule has 0 radical (unpaired) electrons. The first-order valence-corrected chi connectivity index (χ1v) is 12.8. The first kappa shape index (κ1) is 26.6. The van der Waals surface area contributed by atoms with Crippen LogP contribution in [0.4, 0.5) is 10.1 Å². The zero-order valence-electron chi connectivity index (χ0n) is 18.9. The Morgan fingerprint density at radius 2 is 1.82 bits per heavy atom. The van der Waals surface area contributed by atoms with Gasteiger partial charge < -0.3 is 10.2 Å². The number of halogens is 2. The number of carbonyl (C=O) groups is 2. The lowest BCUT2D eigenvalue weighted by Crippen LogP contribution is -2.51. The average Bonchev–Trinajstić information content (AvgIpc) is 2.75. The minimum absolute atomic E-state index is 0.0583. The van der Waals surface area contributed by atoms with E-state index in [0.717, 1.165) is 35.5 Å². The molecular formula is C23H29ClFN3O4S. The number of anilines is 1. The highest BCUT2D eigenvalue weighted by Gasteiger charge is 2.30. The summed E-state index contributed by atoms with van der Waals surface area (Å²) in [5.74, 6) is -1.45. The summed E-state index contributed by atoms with van der Waals surface area (Å²) in [4.78, 5) is 27.4. The Morgan fingerprint density at radius 3 is 2.39 bits per heavy atom. The van der Waals surface area contributed by atoms with Gasteiger partial charge in [0.1, 0.15) is 18.4 Å². The summed E-state index contributed by atoms with van der Waals surface area (Å²) in [6, 6.07) is 10.8. The Kier molecular flexibility index (Phi) is 9.67. The van der Waals surface area contributed by atoms with Crippen LogP contribution >= 0.6 is 11.6 Å². The third-order valence-corrected chi connectivity index (χ3v) is 6.41. The first-order chi connectivity index (χ1) is 15.5. The van der Waals surface area contributed by atoms with Crippen molar-refractivity contribution in [2.24, 2.45) is 0 Å². The van der Waals surface area contributed by atoms with Crippen LogP contribution in [0, 0.1) is 5.82 Å². The quantitative estimate of drug-likeness (QED) is 0.481. The van der Waals surface area contributed by atoms with E-state index >= 15 is 0 Å². The van der Waals surface area contributed by atoms with Crippen LogP contribution < -0.4 is 9.62 Å². The number of sulfonamides is 1. The first-order valence-electron chi connectivity index (χ1n) is 10.6. The average molecular weight is 498 g/mol. The minimum atomic E-state index is -3.86. The summed E-state index contributed by atoms with van der Waals surface area (Å²) in [7, 11) is -3.86. The highest BCUT2D eigenvalue weighted by Crippen LogP contribution is 2.20. The SMILES string of the molecule is CCCCNC(=O)[C@@H](C)N(Cc1cccc(Cl)c1)C(=O)CN(c1ccc(F)cc1)S(C)(=O)=O. The molecule has 2 aromatic rings. The van der Waals surface area contributed by atoms with E-state index in [2.05, 4.69) is 5.32 Å². The van der Waals surface area contributed by atoms with Crippen molar-refractivity contribution >= 4 is 39.1 Å². The normalized spacial score (nSPS) is 12.2. The van der Waals surface area contributed by atoms with Crippen molar-refractivity contribution in [2.45, 2.75) is 39.3 Å². The molecule has 10 heteroatoms. The summed E-state index contributed by atoms with van der Waals surface area (Å²) in [5, 5.41) is 3.28. The Bertz CT molecular complexity index is 1060.